The number of carbonyl (C=O) groups is 2. The second-order valence-electron chi connectivity index (χ2n) is 5.80. The number of benzene rings is 1. The molecule has 1 aromatic carbocycles. The zero-order valence-electron chi connectivity index (χ0n) is 13.1. The first kappa shape index (κ1) is 17.8. The van der Waals surface area contributed by atoms with Crippen molar-refractivity contribution in [2.75, 3.05) is 16.8 Å². The molecule has 126 valence electrons. The standard InChI is InChI=1S/C17H23FN2O2S/c18-13-7-9-15(10-8-13)20-17(22)12-23-11-16(21)19-14-5-3-1-2-4-6-14/h7-10,14H,1-6,11-12H2,(H,19,21)(H,20,22). The van der Waals surface area contributed by atoms with Gasteiger partial charge in [0.25, 0.3) is 0 Å². The lowest BCUT2D eigenvalue weighted by molar-refractivity contribution is -0.119. The van der Waals surface area contributed by atoms with Crippen LogP contribution >= 0.6 is 11.8 Å². The van der Waals surface area contributed by atoms with Crippen LogP contribution in [0.5, 0.6) is 0 Å². The van der Waals surface area contributed by atoms with E-state index in [0.29, 0.717) is 11.7 Å². The topological polar surface area (TPSA) is 58.2 Å². The number of hydrogen-bond donors (Lipinski definition) is 2. The summed E-state index contributed by atoms with van der Waals surface area (Å²) in [6.45, 7) is 0. The fraction of sp³-hybridized carbons (Fsp3) is 0.529. The molecule has 1 aromatic rings. The molecule has 0 atom stereocenters. The summed E-state index contributed by atoms with van der Waals surface area (Å²) in [5.41, 5.74) is 0.555. The molecule has 0 spiro atoms. The van der Waals surface area contributed by atoms with Crippen LogP contribution in [0.3, 0.4) is 0 Å². The number of nitrogens with one attached hydrogen (secondary N) is 2. The number of anilines is 1. The zero-order valence-corrected chi connectivity index (χ0v) is 14.0. The molecule has 0 radical (unpaired) electrons. The Hall–Kier alpha value is -1.56. The predicted molar refractivity (Wildman–Crippen MR) is 92.0 cm³/mol. The number of thioether (sulfide) groups is 1. The summed E-state index contributed by atoms with van der Waals surface area (Å²) in [5.74, 6) is -0.0454. The summed E-state index contributed by atoms with van der Waals surface area (Å²) in [5, 5.41) is 5.73. The van der Waals surface area contributed by atoms with Gasteiger partial charge in [-0.25, -0.2) is 4.39 Å². The van der Waals surface area contributed by atoms with Gasteiger partial charge in [-0.1, -0.05) is 25.7 Å². The largest absolute Gasteiger partial charge is 0.353 e. The average Bonchev–Trinajstić information content (AvgIpc) is 2.78. The number of amides is 2. The van der Waals surface area contributed by atoms with E-state index < -0.39 is 0 Å². The summed E-state index contributed by atoms with van der Waals surface area (Å²) < 4.78 is 12.8. The van der Waals surface area contributed by atoms with Crippen LogP contribution in [0.1, 0.15) is 38.5 Å². The predicted octanol–water partition coefficient (Wildman–Crippen LogP) is 3.34. The van der Waals surface area contributed by atoms with E-state index in [-0.39, 0.29) is 29.1 Å². The van der Waals surface area contributed by atoms with E-state index in [0.717, 1.165) is 12.8 Å². The maximum Gasteiger partial charge on any atom is 0.234 e. The van der Waals surface area contributed by atoms with Crippen LogP contribution in [0.2, 0.25) is 0 Å². The second-order valence-corrected chi connectivity index (χ2v) is 6.79. The minimum atomic E-state index is -0.340. The highest BCUT2D eigenvalue weighted by Crippen LogP contribution is 2.17. The van der Waals surface area contributed by atoms with Crippen molar-refractivity contribution in [1.29, 1.82) is 0 Å². The highest BCUT2D eigenvalue weighted by Gasteiger charge is 2.14. The molecule has 2 rings (SSSR count). The fourth-order valence-corrected chi connectivity index (χ4v) is 3.29. The molecule has 0 aliphatic heterocycles. The molecule has 0 saturated heterocycles. The number of rotatable bonds is 6. The van der Waals surface area contributed by atoms with E-state index in [1.165, 1.54) is 61.7 Å². The summed E-state index contributed by atoms with van der Waals surface area (Å²) >= 11 is 1.29. The Morgan fingerprint density at radius 2 is 1.61 bits per heavy atom. The van der Waals surface area contributed by atoms with Crippen molar-refractivity contribution in [3.8, 4) is 0 Å². The first-order valence-corrected chi connectivity index (χ1v) is 9.21. The lowest BCUT2D eigenvalue weighted by Crippen LogP contribution is -2.35. The van der Waals surface area contributed by atoms with Crippen LogP contribution in [-0.4, -0.2) is 29.4 Å². The Kier molecular flexibility index (Phi) is 7.39. The van der Waals surface area contributed by atoms with Crippen LogP contribution in [0.25, 0.3) is 0 Å². The zero-order chi connectivity index (χ0) is 16.5. The maximum absolute atomic E-state index is 12.8. The van der Waals surface area contributed by atoms with Crippen molar-refractivity contribution in [3.63, 3.8) is 0 Å². The lowest BCUT2D eigenvalue weighted by atomic mass is 10.1. The Balaban J connectivity index is 1.62. The average molecular weight is 338 g/mol. The number of hydrogen-bond acceptors (Lipinski definition) is 3. The maximum atomic E-state index is 12.8. The molecule has 0 heterocycles. The molecule has 1 aliphatic rings. The van der Waals surface area contributed by atoms with E-state index in [2.05, 4.69) is 10.6 Å². The van der Waals surface area contributed by atoms with Crippen molar-refractivity contribution in [2.45, 2.75) is 44.6 Å². The normalized spacial score (nSPS) is 15.7. The van der Waals surface area contributed by atoms with Crippen LogP contribution in [0.15, 0.2) is 24.3 Å². The number of carbonyl (C=O) groups excluding carboxylic acids is 2. The highest BCUT2D eigenvalue weighted by molar-refractivity contribution is 8.00. The Morgan fingerprint density at radius 1 is 1.00 bits per heavy atom. The first-order chi connectivity index (χ1) is 11.1. The van der Waals surface area contributed by atoms with Gasteiger partial charge in [-0.3, -0.25) is 9.59 Å². The van der Waals surface area contributed by atoms with Gasteiger partial charge in [0, 0.05) is 11.7 Å². The molecule has 2 N–H and O–H groups in total. The van der Waals surface area contributed by atoms with Gasteiger partial charge < -0.3 is 10.6 Å². The van der Waals surface area contributed by atoms with Gasteiger partial charge in [0.2, 0.25) is 11.8 Å². The summed E-state index contributed by atoms with van der Waals surface area (Å²) in [7, 11) is 0. The molecule has 1 aliphatic carbocycles. The SMILES string of the molecule is O=C(CSCC(=O)NC1CCCCCC1)Nc1ccc(F)cc1. The molecule has 0 aromatic heterocycles. The molecule has 6 heteroatoms. The quantitative estimate of drug-likeness (QED) is 0.782. The first-order valence-electron chi connectivity index (χ1n) is 8.06. The third-order valence-electron chi connectivity index (χ3n) is 3.81. The monoisotopic (exact) mass is 338 g/mol. The van der Waals surface area contributed by atoms with E-state index in [1.54, 1.807) is 0 Å². The molecule has 0 unspecified atom stereocenters. The molecule has 23 heavy (non-hydrogen) atoms. The lowest BCUT2D eigenvalue weighted by Gasteiger charge is -2.15. The molecule has 4 nitrogen and oxygen atoms in total. The van der Waals surface area contributed by atoms with Crippen LogP contribution in [-0.2, 0) is 9.59 Å². The van der Waals surface area contributed by atoms with Crippen molar-refractivity contribution in [1.82, 2.24) is 5.32 Å². The van der Waals surface area contributed by atoms with E-state index in [9.17, 15) is 14.0 Å². The van der Waals surface area contributed by atoms with Crippen LogP contribution in [0.4, 0.5) is 10.1 Å². The number of halogens is 1. The Labute approximate surface area is 140 Å². The Bertz CT molecular complexity index is 514. The minimum Gasteiger partial charge on any atom is -0.353 e. The van der Waals surface area contributed by atoms with Gasteiger partial charge in [-0.15, -0.1) is 11.8 Å². The van der Waals surface area contributed by atoms with Crippen molar-refractivity contribution in [3.05, 3.63) is 30.1 Å². The summed E-state index contributed by atoms with van der Waals surface area (Å²) in [6, 6.07) is 5.90. The fourth-order valence-electron chi connectivity index (χ4n) is 2.66. The molecular weight excluding hydrogens is 315 g/mol. The molecular formula is C17H23FN2O2S. The van der Waals surface area contributed by atoms with Crippen molar-refractivity contribution >= 4 is 29.3 Å². The molecule has 2 amide bonds. The molecule has 1 fully saturated rings. The molecule has 1 saturated carbocycles. The van der Waals surface area contributed by atoms with E-state index in [1.807, 2.05) is 0 Å². The third-order valence-corrected chi connectivity index (χ3v) is 4.75. The van der Waals surface area contributed by atoms with Gasteiger partial charge in [0.05, 0.1) is 11.5 Å². The van der Waals surface area contributed by atoms with E-state index >= 15 is 0 Å². The minimum absolute atomic E-state index is 0.00326. The van der Waals surface area contributed by atoms with Gasteiger partial charge in [0.15, 0.2) is 0 Å². The van der Waals surface area contributed by atoms with Gasteiger partial charge in [-0.05, 0) is 37.1 Å². The van der Waals surface area contributed by atoms with Gasteiger partial charge in [-0.2, -0.15) is 0 Å². The van der Waals surface area contributed by atoms with Crippen LogP contribution in [0, 0.1) is 5.82 Å². The van der Waals surface area contributed by atoms with Gasteiger partial charge >= 0.3 is 0 Å². The van der Waals surface area contributed by atoms with Crippen molar-refractivity contribution < 1.29 is 14.0 Å². The van der Waals surface area contributed by atoms with Crippen LogP contribution < -0.4 is 10.6 Å². The van der Waals surface area contributed by atoms with Crippen molar-refractivity contribution in [2.24, 2.45) is 0 Å². The summed E-state index contributed by atoms with van der Waals surface area (Å²) in [6.07, 6.45) is 6.98. The summed E-state index contributed by atoms with van der Waals surface area (Å²) in [4.78, 5) is 23.7. The van der Waals surface area contributed by atoms with E-state index in [4.69, 9.17) is 0 Å². The smallest absolute Gasteiger partial charge is 0.234 e. The third kappa shape index (κ3) is 7.03. The van der Waals surface area contributed by atoms with Gasteiger partial charge in [0.1, 0.15) is 5.82 Å². The molecule has 0 bridgehead atoms. The second kappa shape index (κ2) is 9.55. The highest BCUT2D eigenvalue weighted by atomic mass is 32.2. The Morgan fingerprint density at radius 3 is 2.26 bits per heavy atom.